The van der Waals surface area contributed by atoms with Crippen LogP contribution in [0.15, 0.2) is 53.4 Å². The number of hydrogen-bond acceptors (Lipinski definition) is 3. The van der Waals surface area contributed by atoms with E-state index in [0.717, 1.165) is 24.3 Å². The van der Waals surface area contributed by atoms with E-state index in [1.807, 2.05) is 0 Å². The Kier molecular flexibility index (Phi) is 4.18. The minimum Gasteiger partial charge on any atom is -0.293 e. The Labute approximate surface area is 121 Å². The lowest BCUT2D eigenvalue weighted by molar-refractivity contribution is 0.0991. The van der Waals surface area contributed by atoms with Crippen LogP contribution in [0.25, 0.3) is 0 Å². The van der Waals surface area contributed by atoms with E-state index in [-0.39, 0.29) is 5.56 Å². The lowest BCUT2D eigenvalue weighted by Crippen LogP contribution is -2.28. The molecule has 0 aliphatic heterocycles. The molecular formula is C15H12F2O3S. The number of halogens is 2. The SMILES string of the molecule is CC(C(=O)c1ccc(F)cc1)S(=O)(=O)c1ccccc1F. The summed E-state index contributed by atoms with van der Waals surface area (Å²) in [7, 11) is -4.15. The predicted molar refractivity (Wildman–Crippen MR) is 73.8 cm³/mol. The lowest BCUT2D eigenvalue weighted by atomic mass is 10.1. The van der Waals surface area contributed by atoms with Crippen LogP contribution in [-0.4, -0.2) is 19.5 Å². The molecule has 0 aliphatic rings. The topological polar surface area (TPSA) is 51.2 Å². The number of carbonyl (C=O) groups excluding carboxylic acids is 1. The van der Waals surface area contributed by atoms with Gasteiger partial charge in [-0.2, -0.15) is 0 Å². The van der Waals surface area contributed by atoms with E-state index in [1.165, 1.54) is 31.2 Å². The standard InChI is InChI=1S/C15H12F2O3S/c1-10(15(18)11-6-8-12(16)9-7-11)21(19,20)14-5-3-2-4-13(14)17/h2-10H,1H3. The summed E-state index contributed by atoms with van der Waals surface area (Å²) in [4.78, 5) is 11.6. The molecule has 1 unspecified atom stereocenters. The molecule has 0 aromatic heterocycles. The molecule has 110 valence electrons. The van der Waals surface area contributed by atoms with Crippen LogP contribution >= 0.6 is 0 Å². The van der Waals surface area contributed by atoms with Crippen LogP contribution < -0.4 is 0 Å². The predicted octanol–water partition coefficient (Wildman–Crippen LogP) is 3.01. The maximum Gasteiger partial charge on any atom is 0.191 e. The van der Waals surface area contributed by atoms with Gasteiger partial charge in [-0.1, -0.05) is 12.1 Å². The summed E-state index contributed by atoms with van der Waals surface area (Å²) in [6.45, 7) is 1.19. The quantitative estimate of drug-likeness (QED) is 0.816. The first-order chi connectivity index (χ1) is 9.84. The van der Waals surface area contributed by atoms with Crippen LogP contribution in [0.4, 0.5) is 8.78 Å². The maximum absolute atomic E-state index is 13.6. The number of Topliss-reactive ketones (excluding diaryl/α,β-unsaturated/α-hetero) is 1. The van der Waals surface area contributed by atoms with E-state index < -0.39 is 37.4 Å². The fourth-order valence-corrected chi connectivity index (χ4v) is 3.26. The Bertz CT molecular complexity index is 768. The number of sulfone groups is 1. The van der Waals surface area contributed by atoms with Crippen molar-refractivity contribution in [2.45, 2.75) is 17.1 Å². The Balaban J connectivity index is 2.39. The van der Waals surface area contributed by atoms with Crippen molar-refractivity contribution < 1.29 is 22.0 Å². The highest BCUT2D eigenvalue weighted by molar-refractivity contribution is 7.92. The van der Waals surface area contributed by atoms with Gasteiger partial charge in [0.05, 0.1) is 0 Å². The normalized spacial score (nSPS) is 12.9. The van der Waals surface area contributed by atoms with E-state index in [1.54, 1.807) is 0 Å². The zero-order chi connectivity index (χ0) is 15.6. The Morgan fingerprint density at radius 1 is 1.00 bits per heavy atom. The number of benzene rings is 2. The van der Waals surface area contributed by atoms with E-state index in [9.17, 15) is 22.0 Å². The molecule has 0 aliphatic carbocycles. The molecule has 2 aromatic carbocycles. The van der Waals surface area contributed by atoms with Crippen molar-refractivity contribution in [1.82, 2.24) is 0 Å². The summed E-state index contributed by atoms with van der Waals surface area (Å²) >= 11 is 0. The molecule has 0 amide bonds. The molecule has 21 heavy (non-hydrogen) atoms. The van der Waals surface area contributed by atoms with Gasteiger partial charge in [-0.15, -0.1) is 0 Å². The first-order valence-corrected chi connectivity index (χ1v) is 7.67. The van der Waals surface area contributed by atoms with Crippen LogP contribution in [-0.2, 0) is 9.84 Å². The van der Waals surface area contributed by atoms with Gasteiger partial charge in [0.1, 0.15) is 21.8 Å². The Morgan fingerprint density at radius 3 is 2.14 bits per heavy atom. The molecule has 0 N–H and O–H groups in total. The second kappa shape index (κ2) is 5.73. The minimum atomic E-state index is -4.15. The van der Waals surface area contributed by atoms with Gasteiger partial charge < -0.3 is 0 Å². The minimum absolute atomic E-state index is 0.0591. The van der Waals surface area contributed by atoms with Crippen molar-refractivity contribution in [3.8, 4) is 0 Å². The van der Waals surface area contributed by atoms with Crippen LogP contribution in [0.3, 0.4) is 0 Å². The highest BCUT2D eigenvalue weighted by Gasteiger charge is 2.32. The largest absolute Gasteiger partial charge is 0.293 e. The molecule has 0 fully saturated rings. The lowest BCUT2D eigenvalue weighted by Gasteiger charge is -2.12. The Morgan fingerprint density at radius 2 is 1.57 bits per heavy atom. The number of rotatable bonds is 4. The van der Waals surface area contributed by atoms with Crippen LogP contribution in [0.1, 0.15) is 17.3 Å². The molecule has 0 radical (unpaired) electrons. The monoisotopic (exact) mass is 310 g/mol. The third-order valence-electron chi connectivity index (χ3n) is 3.11. The summed E-state index contributed by atoms with van der Waals surface area (Å²) in [5.74, 6) is -2.15. The second-order valence-corrected chi connectivity index (χ2v) is 6.73. The first kappa shape index (κ1) is 15.3. The van der Waals surface area contributed by atoms with Gasteiger partial charge in [0, 0.05) is 5.56 Å². The number of hydrogen-bond donors (Lipinski definition) is 0. The number of carbonyl (C=O) groups is 1. The van der Waals surface area contributed by atoms with Crippen molar-refractivity contribution in [3.63, 3.8) is 0 Å². The summed E-state index contributed by atoms with van der Waals surface area (Å²) in [6, 6.07) is 9.40. The van der Waals surface area contributed by atoms with Crippen molar-refractivity contribution in [1.29, 1.82) is 0 Å². The molecule has 3 nitrogen and oxygen atoms in total. The zero-order valence-electron chi connectivity index (χ0n) is 11.1. The van der Waals surface area contributed by atoms with Crippen LogP contribution in [0.5, 0.6) is 0 Å². The van der Waals surface area contributed by atoms with Gasteiger partial charge in [0.25, 0.3) is 0 Å². The molecule has 0 saturated carbocycles. The first-order valence-electron chi connectivity index (χ1n) is 6.12. The van der Waals surface area contributed by atoms with Crippen molar-refractivity contribution in [2.24, 2.45) is 0 Å². The summed E-state index contributed by atoms with van der Waals surface area (Å²) < 4.78 is 51.0. The highest BCUT2D eigenvalue weighted by atomic mass is 32.2. The smallest absolute Gasteiger partial charge is 0.191 e. The van der Waals surface area contributed by atoms with Gasteiger partial charge in [-0.3, -0.25) is 4.79 Å². The molecule has 0 spiro atoms. The highest BCUT2D eigenvalue weighted by Crippen LogP contribution is 2.22. The molecular weight excluding hydrogens is 298 g/mol. The van der Waals surface area contributed by atoms with E-state index in [0.29, 0.717) is 0 Å². The van der Waals surface area contributed by atoms with Crippen molar-refractivity contribution in [2.75, 3.05) is 0 Å². The molecule has 1 atom stereocenters. The molecule has 0 saturated heterocycles. The molecule has 6 heteroatoms. The maximum atomic E-state index is 13.6. The van der Waals surface area contributed by atoms with Crippen LogP contribution in [0.2, 0.25) is 0 Å². The Hall–Kier alpha value is -2.08. The van der Waals surface area contributed by atoms with Gasteiger partial charge in [0.15, 0.2) is 15.6 Å². The fraction of sp³-hybridized carbons (Fsp3) is 0.133. The third-order valence-corrected chi connectivity index (χ3v) is 5.20. The molecule has 0 heterocycles. The van der Waals surface area contributed by atoms with Gasteiger partial charge in [0.2, 0.25) is 0 Å². The molecule has 2 aromatic rings. The van der Waals surface area contributed by atoms with Gasteiger partial charge >= 0.3 is 0 Å². The van der Waals surface area contributed by atoms with E-state index >= 15 is 0 Å². The van der Waals surface area contributed by atoms with E-state index in [4.69, 9.17) is 0 Å². The van der Waals surface area contributed by atoms with E-state index in [2.05, 4.69) is 0 Å². The summed E-state index contributed by atoms with van der Waals surface area (Å²) in [6.07, 6.45) is 0. The van der Waals surface area contributed by atoms with Crippen molar-refractivity contribution in [3.05, 3.63) is 65.7 Å². The zero-order valence-corrected chi connectivity index (χ0v) is 11.9. The third kappa shape index (κ3) is 3.00. The van der Waals surface area contributed by atoms with Gasteiger partial charge in [-0.05, 0) is 43.3 Å². The second-order valence-electron chi connectivity index (χ2n) is 4.49. The fourth-order valence-electron chi connectivity index (χ4n) is 1.86. The summed E-state index contributed by atoms with van der Waals surface area (Å²) in [5.41, 5.74) is 0.0591. The number of ketones is 1. The van der Waals surface area contributed by atoms with Crippen molar-refractivity contribution >= 4 is 15.6 Å². The van der Waals surface area contributed by atoms with Gasteiger partial charge in [-0.25, -0.2) is 17.2 Å². The van der Waals surface area contributed by atoms with Crippen LogP contribution in [0, 0.1) is 11.6 Å². The molecule has 2 rings (SSSR count). The molecule has 0 bridgehead atoms. The average molecular weight is 310 g/mol. The summed E-state index contributed by atoms with van der Waals surface area (Å²) in [5, 5.41) is -1.46. The average Bonchev–Trinajstić information content (AvgIpc) is 2.46.